The topological polar surface area (TPSA) is 12.0 Å². The first kappa shape index (κ1) is 8.28. The Labute approximate surface area is 65.3 Å². The molecule has 0 atom stereocenters. The van der Waals surface area contributed by atoms with Crippen LogP contribution in [-0.4, -0.2) is 14.3 Å². The van der Waals surface area contributed by atoms with Crippen LogP contribution in [0.3, 0.4) is 0 Å². The number of hydrogen-bond acceptors (Lipinski definition) is 1. The molecule has 0 bridgehead atoms. The van der Waals surface area contributed by atoms with E-state index in [4.69, 9.17) is 0 Å². The molecule has 0 heterocycles. The van der Waals surface area contributed by atoms with Gasteiger partial charge in [-0.1, -0.05) is 32.5 Å². The second-order valence-corrected chi connectivity index (χ2v) is 9.16. The van der Waals surface area contributed by atoms with Crippen molar-refractivity contribution in [1.29, 1.82) is 0 Å². The third kappa shape index (κ3) is 2.84. The van der Waals surface area contributed by atoms with Crippen LogP contribution in [0.25, 0.3) is 0 Å². The first-order valence-corrected chi connectivity index (χ1v) is 7.86. The van der Waals surface area contributed by atoms with Gasteiger partial charge in [-0.25, -0.2) is 0 Å². The molecule has 0 radical (unpaired) electrons. The summed E-state index contributed by atoms with van der Waals surface area (Å²) in [4.78, 5) is 3.76. The molecule has 0 spiro atoms. The van der Waals surface area contributed by atoms with Crippen LogP contribution in [0.5, 0.6) is 0 Å². The maximum Gasteiger partial charge on any atom is 0.116 e. The third-order valence-corrected chi connectivity index (χ3v) is 3.27. The van der Waals surface area contributed by atoms with Gasteiger partial charge in [0.25, 0.3) is 0 Å². The lowest BCUT2D eigenvalue weighted by Gasteiger charge is -2.23. The van der Waals surface area contributed by atoms with E-state index in [1.165, 1.54) is 25.7 Å². The zero-order chi connectivity index (χ0) is 7.61. The Balaban J connectivity index is 2.24. The maximum absolute atomic E-state index is 3.76. The summed E-state index contributed by atoms with van der Waals surface area (Å²) in [7, 11) is -0.972. The van der Waals surface area contributed by atoms with Crippen LogP contribution < -0.4 is 4.98 Å². The highest BCUT2D eigenvalue weighted by molar-refractivity contribution is 6.73. The van der Waals surface area contributed by atoms with Crippen molar-refractivity contribution in [3.05, 3.63) is 0 Å². The highest BCUT2D eigenvalue weighted by atomic mass is 28.3. The molecule has 0 aromatic rings. The van der Waals surface area contributed by atoms with Crippen LogP contribution in [0.1, 0.15) is 25.7 Å². The molecule has 0 aromatic heterocycles. The summed E-state index contributed by atoms with van der Waals surface area (Å²) in [6.45, 7) is 7.14. The summed E-state index contributed by atoms with van der Waals surface area (Å²) in [6, 6.07) is 0.867. The number of rotatable bonds is 2. The molecule has 60 valence electrons. The van der Waals surface area contributed by atoms with E-state index < -0.39 is 8.24 Å². The summed E-state index contributed by atoms with van der Waals surface area (Å²) in [5, 5.41) is 0. The van der Waals surface area contributed by atoms with Gasteiger partial charge < -0.3 is 4.98 Å². The average molecular weight is 157 g/mol. The van der Waals surface area contributed by atoms with Gasteiger partial charge in [-0.05, 0) is 12.8 Å². The van der Waals surface area contributed by atoms with Gasteiger partial charge in [-0.3, -0.25) is 0 Å². The molecule has 0 unspecified atom stereocenters. The van der Waals surface area contributed by atoms with Crippen molar-refractivity contribution in [2.24, 2.45) is 0 Å². The van der Waals surface area contributed by atoms with Gasteiger partial charge in [0.05, 0.1) is 0 Å². The van der Waals surface area contributed by atoms with Crippen molar-refractivity contribution in [2.45, 2.75) is 51.4 Å². The monoisotopic (exact) mass is 157 g/mol. The summed E-state index contributed by atoms with van der Waals surface area (Å²) >= 11 is 0. The predicted octanol–water partition coefficient (Wildman–Crippen LogP) is 2.35. The summed E-state index contributed by atoms with van der Waals surface area (Å²) in [6.07, 6.45) is 5.73. The molecule has 10 heavy (non-hydrogen) atoms. The van der Waals surface area contributed by atoms with Gasteiger partial charge in [0, 0.05) is 6.04 Å². The van der Waals surface area contributed by atoms with E-state index in [-0.39, 0.29) is 0 Å². The Morgan fingerprint density at radius 1 is 1.10 bits per heavy atom. The maximum atomic E-state index is 3.76. The van der Waals surface area contributed by atoms with Crippen molar-refractivity contribution in [1.82, 2.24) is 4.98 Å². The van der Waals surface area contributed by atoms with Crippen molar-refractivity contribution in [3.8, 4) is 0 Å². The lowest BCUT2D eigenvalue weighted by atomic mass is 10.3. The molecule has 0 aliphatic heterocycles. The first-order valence-electron chi connectivity index (χ1n) is 4.36. The minimum absolute atomic E-state index is 0.867. The van der Waals surface area contributed by atoms with E-state index in [1.807, 2.05) is 0 Å². The zero-order valence-corrected chi connectivity index (χ0v) is 8.41. The quantitative estimate of drug-likeness (QED) is 0.607. The van der Waals surface area contributed by atoms with Gasteiger partial charge in [0.2, 0.25) is 0 Å². The van der Waals surface area contributed by atoms with Crippen LogP contribution >= 0.6 is 0 Å². The van der Waals surface area contributed by atoms with Gasteiger partial charge in [-0.2, -0.15) is 0 Å². The van der Waals surface area contributed by atoms with Crippen LogP contribution in [0, 0.1) is 0 Å². The summed E-state index contributed by atoms with van der Waals surface area (Å²) in [5.74, 6) is 0. The van der Waals surface area contributed by atoms with Crippen molar-refractivity contribution >= 4 is 8.24 Å². The van der Waals surface area contributed by atoms with E-state index in [1.54, 1.807) is 0 Å². The zero-order valence-electron chi connectivity index (χ0n) is 7.41. The Hall–Kier alpha value is 0.177. The Kier molecular flexibility index (Phi) is 2.53. The van der Waals surface area contributed by atoms with Gasteiger partial charge in [-0.15, -0.1) is 0 Å². The molecule has 1 aliphatic rings. The van der Waals surface area contributed by atoms with Crippen LogP contribution in [0.2, 0.25) is 19.6 Å². The molecular formula is C8H19NSi. The van der Waals surface area contributed by atoms with Crippen LogP contribution in [0.15, 0.2) is 0 Å². The smallest absolute Gasteiger partial charge is 0.116 e. The number of nitrogens with one attached hydrogen (secondary N) is 1. The minimum Gasteiger partial charge on any atom is -0.335 e. The predicted molar refractivity (Wildman–Crippen MR) is 48.7 cm³/mol. The van der Waals surface area contributed by atoms with Crippen molar-refractivity contribution in [2.75, 3.05) is 0 Å². The van der Waals surface area contributed by atoms with E-state index in [2.05, 4.69) is 24.6 Å². The first-order chi connectivity index (χ1) is 4.58. The van der Waals surface area contributed by atoms with Crippen molar-refractivity contribution in [3.63, 3.8) is 0 Å². The normalized spacial score (nSPS) is 21.9. The SMILES string of the molecule is C[Si](C)(C)NC1CCCC1. The Bertz CT molecular complexity index is 100. The van der Waals surface area contributed by atoms with Crippen LogP contribution in [-0.2, 0) is 0 Å². The van der Waals surface area contributed by atoms with E-state index in [0.717, 1.165) is 6.04 Å². The highest BCUT2D eigenvalue weighted by Crippen LogP contribution is 2.19. The van der Waals surface area contributed by atoms with E-state index >= 15 is 0 Å². The second kappa shape index (κ2) is 3.05. The molecule has 0 aromatic carbocycles. The molecule has 1 rings (SSSR count). The molecule has 2 heteroatoms. The molecular weight excluding hydrogens is 138 g/mol. The highest BCUT2D eigenvalue weighted by Gasteiger charge is 2.21. The second-order valence-electron chi connectivity index (χ2n) is 4.38. The third-order valence-electron chi connectivity index (χ3n) is 1.99. The van der Waals surface area contributed by atoms with Gasteiger partial charge >= 0.3 is 0 Å². The molecule has 1 fully saturated rings. The number of hydrogen-bond donors (Lipinski definition) is 1. The lowest BCUT2D eigenvalue weighted by molar-refractivity contribution is 0.632. The fourth-order valence-corrected chi connectivity index (χ4v) is 3.20. The molecule has 0 saturated heterocycles. The van der Waals surface area contributed by atoms with Gasteiger partial charge in [0.1, 0.15) is 8.24 Å². The van der Waals surface area contributed by atoms with E-state index in [9.17, 15) is 0 Å². The fourth-order valence-electron chi connectivity index (χ4n) is 1.68. The summed E-state index contributed by atoms with van der Waals surface area (Å²) < 4.78 is 0. The Morgan fingerprint density at radius 2 is 1.60 bits per heavy atom. The van der Waals surface area contributed by atoms with Crippen molar-refractivity contribution < 1.29 is 0 Å². The van der Waals surface area contributed by atoms with Crippen LogP contribution in [0.4, 0.5) is 0 Å². The largest absolute Gasteiger partial charge is 0.335 e. The Morgan fingerprint density at radius 3 is 2.00 bits per heavy atom. The van der Waals surface area contributed by atoms with Gasteiger partial charge in [0.15, 0.2) is 0 Å². The summed E-state index contributed by atoms with van der Waals surface area (Å²) in [5.41, 5.74) is 0. The molecule has 1 saturated carbocycles. The average Bonchev–Trinajstić information content (AvgIpc) is 2.12. The molecule has 0 amide bonds. The lowest BCUT2D eigenvalue weighted by Crippen LogP contribution is -2.46. The minimum atomic E-state index is -0.972. The standard InChI is InChI=1S/C8H19NSi/c1-10(2,3)9-8-6-4-5-7-8/h8-9H,4-7H2,1-3H3. The molecule has 1 nitrogen and oxygen atoms in total. The fraction of sp³-hybridized carbons (Fsp3) is 1.00. The molecule has 1 aliphatic carbocycles. The molecule has 1 N–H and O–H groups in total. The van der Waals surface area contributed by atoms with E-state index in [0.29, 0.717) is 0 Å².